The first-order chi connectivity index (χ1) is 8.48. The minimum Gasteiger partial charge on any atom is -0.496 e. The molecule has 0 heterocycles. The van der Waals surface area contributed by atoms with Crippen LogP contribution in [0.15, 0.2) is 18.2 Å². The van der Waals surface area contributed by atoms with Crippen molar-refractivity contribution < 1.29 is 19.4 Å². The molecule has 0 atom stereocenters. The van der Waals surface area contributed by atoms with Crippen LogP contribution in [-0.4, -0.2) is 29.6 Å². The van der Waals surface area contributed by atoms with Gasteiger partial charge in [-0.15, -0.1) is 0 Å². The van der Waals surface area contributed by atoms with Crippen molar-refractivity contribution in [1.82, 2.24) is 5.32 Å². The molecule has 4 N–H and O–H groups in total. The van der Waals surface area contributed by atoms with Crippen molar-refractivity contribution in [2.75, 3.05) is 12.8 Å². The fourth-order valence-electron chi connectivity index (χ4n) is 1.70. The minimum atomic E-state index is -1.11. The van der Waals surface area contributed by atoms with E-state index in [4.69, 9.17) is 15.6 Å². The van der Waals surface area contributed by atoms with Crippen molar-refractivity contribution in [2.24, 2.45) is 0 Å². The van der Waals surface area contributed by atoms with E-state index in [1.54, 1.807) is 6.07 Å². The number of aliphatic carboxylic acids is 1. The standard InChI is InChI=1S/C12H14N2O4/c1-18-9-6-7(13)2-3-8(9)10(15)14-12(4-5-12)11(16)17/h2-3,6H,4-5,13H2,1H3,(H,14,15)(H,16,17). The number of carboxylic acid groups (broad SMARTS) is 1. The van der Waals surface area contributed by atoms with E-state index in [2.05, 4.69) is 5.32 Å². The molecule has 1 fully saturated rings. The highest BCUT2D eigenvalue weighted by Gasteiger charge is 2.51. The molecule has 1 saturated carbocycles. The maximum Gasteiger partial charge on any atom is 0.329 e. The second-order valence-corrected chi connectivity index (χ2v) is 4.30. The molecule has 0 bridgehead atoms. The van der Waals surface area contributed by atoms with E-state index in [1.807, 2.05) is 0 Å². The molecule has 6 nitrogen and oxygen atoms in total. The summed E-state index contributed by atoms with van der Waals surface area (Å²) in [5, 5.41) is 11.5. The average Bonchev–Trinajstić information content (AvgIpc) is 3.09. The Morgan fingerprint density at radius 3 is 2.61 bits per heavy atom. The molecule has 96 valence electrons. The van der Waals surface area contributed by atoms with Gasteiger partial charge < -0.3 is 20.9 Å². The zero-order valence-electron chi connectivity index (χ0n) is 9.90. The maximum absolute atomic E-state index is 12.0. The molecule has 0 radical (unpaired) electrons. The van der Waals surface area contributed by atoms with Gasteiger partial charge >= 0.3 is 5.97 Å². The summed E-state index contributed by atoms with van der Waals surface area (Å²) in [5.41, 5.74) is 5.23. The number of amides is 1. The monoisotopic (exact) mass is 250 g/mol. The molecule has 6 heteroatoms. The van der Waals surface area contributed by atoms with Crippen molar-refractivity contribution in [1.29, 1.82) is 0 Å². The molecule has 2 rings (SSSR count). The average molecular weight is 250 g/mol. The number of ether oxygens (including phenoxy) is 1. The first kappa shape index (κ1) is 12.2. The van der Waals surface area contributed by atoms with Crippen LogP contribution in [0.5, 0.6) is 5.75 Å². The van der Waals surface area contributed by atoms with Gasteiger partial charge in [-0.1, -0.05) is 0 Å². The Hall–Kier alpha value is -2.24. The van der Waals surface area contributed by atoms with Crippen LogP contribution in [0, 0.1) is 0 Å². The highest BCUT2D eigenvalue weighted by atomic mass is 16.5. The Morgan fingerprint density at radius 2 is 2.11 bits per heavy atom. The molecule has 1 aliphatic rings. The number of benzene rings is 1. The molecule has 0 aliphatic heterocycles. The normalized spacial score (nSPS) is 15.8. The zero-order valence-corrected chi connectivity index (χ0v) is 9.90. The second-order valence-electron chi connectivity index (χ2n) is 4.30. The Balaban J connectivity index is 2.22. The molecular formula is C12H14N2O4. The van der Waals surface area contributed by atoms with Gasteiger partial charge in [0.05, 0.1) is 12.7 Å². The van der Waals surface area contributed by atoms with Gasteiger partial charge in [0.1, 0.15) is 11.3 Å². The summed E-state index contributed by atoms with van der Waals surface area (Å²) < 4.78 is 5.05. The molecule has 0 saturated heterocycles. The lowest BCUT2D eigenvalue weighted by Crippen LogP contribution is -2.43. The summed E-state index contributed by atoms with van der Waals surface area (Å²) in [6.07, 6.45) is 0.900. The fraction of sp³-hybridized carbons (Fsp3) is 0.333. The summed E-state index contributed by atoms with van der Waals surface area (Å²) in [7, 11) is 1.43. The molecule has 18 heavy (non-hydrogen) atoms. The van der Waals surface area contributed by atoms with Gasteiger partial charge in [0.15, 0.2) is 0 Å². The SMILES string of the molecule is COc1cc(N)ccc1C(=O)NC1(C(=O)O)CC1. The number of hydrogen-bond acceptors (Lipinski definition) is 4. The molecule has 0 unspecified atom stereocenters. The fourth-order valence-corrected chi connectivity index (χ4v) is 1.70. The van der Waals surface area contributed by atoms with Gasteiger partial charge in [-0.05, 0) is 25.0 Å². The van der Waals surface area contributed by atoms with E-state index in [1.165, 1.54) is 19.2 Å². The third-order valence-corrected chi connectivity index (χ3v) is 2.98. The highest BCUT2D eigenvalue weighted by molar-refractivity contribution is 6.01. The number of carbonyl (C=O) groups is 2. The molecule has 1 aliphatic carbocycles. The van der Waals surface area contributed by atoms with Crippen LogP contribution in [0.25, 0.3) is 0 Å². The van der Waals surface area contributed by atoms with Gasteiger partial charge in [-0.2, -0.15) is 0 Å². The third-order valence-electron chi connectivity index (χ3n) is 2.98. The van der Waals surface area contributed by atoms with Crippen molar-refractivity contribution in [2.45, 2.75) is 18.4 Å². The van der Waals surface area contributed by atoms with Gasteiger partial charge in [0, 0.05) is 11.8 Å². The Bertz CT molecular complexity index is 509. The van der Waals surface area contributed by atoms with Gasteiger partial charge in [-0.3, -0.25) is 4.79 Å². The first-order valence-electron chi connectivity index (χ1n) is 5.48. The number of anilines is 1. The topological polar surface area (TPSA) is 102 Å². The predicted molar refractivity (Wildman–Crippen MR) is 64.5 cm³/mol. The first-order valence-corrected chi connectivity index (χ1v) is 5.48. The number of hydrogen-bond donors (Lipinski definition) is 3. The Labute approximate surface area is 104 Å². The predicted octanol–water partition coefficient (Wildman–Crippen LogP) is 0.624. The number of nitrogens with one attached hydrogen (secondary N) is 1. The van der Waals surface area contributed by atoms with Crippen molar-refractivity contribution in [3.8, 4) is 5.75 Å². The summed E-state index contributed by atoms with van der Waals surface area (Å²) in [6, 6.07) is 4.61. The van der Waals surface area contributed by atoms with Crippen molar-refractivity contribution in [3.05, 3.63) is 23.8 Å². The van der Waals surface area contributed by atoms with Gasteiger partial charge in [0.2, 0.25) is 0 Å². The van der Waals surface area contributed by atoms with E-state index < -0.39 is 17.4 Å². The lowest BCUT2D eigenvalue weighted by molar-refractivity contribution is -0.140. The smallest absolute Gasteiger partial charge is 0.329 e. The maximum atomic E-state index is 12.0. The highest BCUT2D eigenvalue weighted by Crippen LogP contribution is 2.36. The lowest BCUT2D eigenvalue weighted by atomic mass is 10.1. The lowest BCUT2D eigenvalue weighted by Gasteiger charge is -2.14. The van der Waals surface area contributed by atoms with E-state index in [-0.39, 0.29) is 5.56 Å². The van der Waals surface area contributed by atoms with E-state index in [9.17, 15) is 9.59 Å². The third kappa shape index (κ3) is 2.09. The number of nitrogen functional groups attached to an aromatic ring is 1. The van der Waals surface area contributed by atoms with E-state index in [0.29, 0.717) is 24.3 Å². The van der Waals surface area contributed by atoms with E-state index in [0.717, 1.165) is 0 Å². The van der Waals surface area contributed by atoms with E-state index >= 15 is 0 Å². The molecule has 1 amide bonds. The summed E-state index contributed by atoms with van der Waals surface area (Å²) >= 11 is 0. The van der Waals surface area contributed by atoms with Crippen LogP contribution in [0.4, 0.5) is 5.69 Å². The number of carbonyl (C=O) groups excluding carboxylic acids is 1. The van der Waals surface area contributed by atoms with Crippen molar-refractivity contribution >= 4 is 17.6 Å². The zero-order chi connectivity index (χ0) is 13.3. The number of rotatable bonds is 4. The second kappa shape index (κ2) is 4.21. The number of methoxy groups -OCH3 is 1. The van der Waals surface area contributed by atoms with Crippen LogP contribution in [0.3, 0.4) is 0 Å². The summed E-state index contributed by atoms with van der Waals surface area (Å²) in [4.78, 5) is 23.0. The summed E-state index contributed by atoms with van der Waals surface area (Å²) in [5.74, 6) is -1.15. The van der Waals surface area contributed by atoms with Gasteiger partial charge in [0.25, 0.3) is 5.91 Å². The summed E-state index contributed by atoms with van der Waals surface area (Å²) in [6.45, 7) is 0. The van der Waals surface area contributed by atoms with Gasteiger partial charge in [-0.25, -0.2) is 4.79 Å². The van der Waals surface area contributed by atoms with Crippen molar-refractivity contribution in [3.63, 3.8) is 0 Å². The van der Waals surface area contributed by atoms with Crippen LogP contribution in [-0.2, 0) is 4.79 Å². The molecule has 0 aromatic heterocycles. The van der Waals surface area contributed by atoms with Crippen LogP contribution < -0.4 is 15.8 Å². The van der Waals surface area contributed by atoms with Crippen LogP contribution in [0.2, 0.25) is 0 Å². The quantitative estimate of drug-likeness (QED) is 0.680. The Morgan fingerprint density at radius 1 is 1.44 bits per heavy atom. The molecule has 0 spiro atoms. The van der Waals surface area contributed by atoms with Crippen LogP contribution >= 0.6 is 0 Å². The largest absolute Gasteiger partial charge is 0.496 e. The minimum absolute atomic E-state index is 0.277. The number of carboxylic acids is 1. The molecular weight excluding hydrogens is 236 g/mol. The molecule has 1 aromatic carbocycles. The Kier molecular flexibility index (Phi) is 2.86. The number of nitrogens with two attached hydrogens (primary N) is 1. The van der Waals surface area contributed by atoms with Crippen LogP contribution in [0.1, 0.15) is 23.2 Å². The molecule has 1 aromatic rings.